The summed E-state index contributed by atoms with van der Waals surface area (Å²) in [5.41, 5.74) is 2.40. The van der Waals surface area contributed by atoms with Gasteiger partial charge in [-0.15, -0.1) is 11.3 Å². The Morgan fingerprint density at radius 2 is 2.15 bits per heavy atom. The summed E-state index contributed by atoms with van der Waals surface area (Å²) in [6.45, 7) is 2.80. The maximum Gasteiger partial charge on any atom is 0.310 e. The highest BCUT2D eigenvalue weighted by Gasteiger charge is 2.21. The van der Waals surface area contributed by atoms with Gasteiger partial charge in [0.15, 0.2) is 0 Å². The zero-order chi connectivity index (χ0) is 13.9. The van der Waals surface area contributed by atoms with Crippen molar-refractivity contribution in [2.24, 2.45) is 0 Å². The smallest absolute Gasteiger partial charge is 0.310 e. The fourth-order valence-corrected chi connectivity index (χ4v) is 3.63. The molecule has 5 heteroatoms. The van der Waals surface area contributed by atoms with E-state index in [0.717, 1.165) is 36.8 Å². The molecule has 1 N–H and O–H groups in total. The van der Waals surface area contributed by atoms with E-state index in [-0.39, 0.29) is 6.42 Å². The third-order valence-corrected chi connectivity index (χ3v) is 4.49. The van der Waals surface area contributed by atoms with Crippen molar-refractivity contribution in [2.75, 3.05) is 6.54 Å². The molecule has 0 spiro atoms. The van der Waals surface area contributed by atoms with Crippen molar-refractivity contribution in [1.29, 1.82) is 0 Å². The van der Waals surface area contributed by atoms with Crippen molar-refractivity contribution in [2.45, 2.75) is 25.9 Å². The molecule has 104 valence electrons. The van der Waals surface area contributed by atoms with Crippen LogP contribution < -0.4 is 0 Å². The lowest BCUT2D eigenvalue weighted by molar-refractivity contribution is -0.136. The van der Waals surface area contributed by atoms with E-state index < -0.39 is 5.97 Å². The molecule has 1 aliphatic heterocycles. The first kappa shape index (κ1) is 13.3. The Balaban J connectivity index is 1.69. The lowest BCUT2D eigenvalue weighted by Crippen LogP contribution is -2.29. The number of nitrogens with zero attached hydrogens (tertiary/aromatic N) is 2. The van der Waals surface area contributed by atoms with Crippen LogP contribution in [-0.2, 0) is 30.7 Å². The van der Waals surface area contributed by atoms with Gasteiger partial charge in [0, 0.05) is 30.9 Å². The Morgan fingerprint density at radius 1 is 1.35 bits per heavy atom. The second-order valence-electron chi connectivity index (χ2n) is 4.99. The molecule has 1 aliphatic rings. The number of thiazole rings is 1. The van der Waals surface area contributed by atoms with Crippen molar-refractivity contribution in [3.8, 4) is 0 Å². The van der Waals surface area contributed by atoms with Crippen LogP contribution in [0.4, 0.5) is 0 Å². The maximum atomic E-state index is 10.7. The molecule has 0 atom stereocenters. The first-order valence-corrected chi connectivity index (χ1v) is 7.48. The van der Waals surface area contributed by atoms with E-state index in [0.29, 0.717) is 0 Å². The molecule has 0 unspecified atom stereocenters. The normalized spacial score (nSPS) is 15.0. The Bertz CT molecular complexity index is 610. The Morgan fingerprint density at radius 3 is 2.90 bits per heavy atom. The van der Waals surface area contributed by atoms with Crippen LogP contribution in [0.5, 0.6) is 0 Å². The summed E-state index contributed by atoms with van der Waals surface area (Å²) in [5, 5.41) is 9.56. The summed E-state index contributed by atoms with van der Waals surface area (Å²) in [7, 11) is 0. The van der Waals surface area contributed by atoms with E-state index in [2.05, 4.69) is 34.1 Å². The number of carbonyl (C=O) groups is 1. The summed E-state index contributed by atoms with van der Waals surface area (Å²) < 4.78 is 0. The van der Waals surface area contributed by atoms with E-state index in [1.54, 1.807) is 11.3 Å². The molecule has 0 aliphatic carbocycles. The molecule has 0 radical (unpaired) electrons. The van der Waals surface area contributed by atoms with Crippen LogP contribution in [0.3, 0.4) is 0 Å². The van der Waals surface area contributed by atoms with Gasteiger partial charge in [-0.05, 0) is 5.56 Å². The topological polar surface area (TPSA) is 53.4 Å². The lowest BCUT2D eigenvalue weighted by Gasteiger charge is -2.25. The van der Waals surface area contributed by atoms with Gasteiger partial charge in [0.25, 0.3) is 0 Å². The van der Waals surface area contributed by atoms with Crippen LogP contribution in [0.25, 0.3) is 0 Å². The summed E-state index contributed by atoms with van der Waals surface area (Å²) in [4.78, 5) is 18.8. The number of carboxylic acids is 1. The molecule has 0 saturated carbocycles. The molecular weight excluding hydrogens is 272 g/mol. The van der Waals surface area contributed by atoms with E-state index in [4.69, 9.17) is 5.11 Å². The molecule has 0 bridgehead atoms. The third kappa shape index (κ3) is 3.05. The lowest BCUT2D eigenvalue weighted by atomic mass is 10.1. The van der Waals surface area contributed by atoms with Gasteiger partial charge >= 0.3 is 5.97 Å². The van der Waals surface area contributed by atoms with Crippen molar-refractivity contribution in [3.05, 3.63) is 51.5 Å². The minimum Gasteiger partial charge on any atom is -0.481 e. The van der Waals surface area contributed by atoms with Crippen LogP contribution >= 0.6 is 11.3 Å². The number of benzene rings is 1. The summed E-state index contributed by atoms with van der Waals surface area (Å²) in [5.74, 6) is -0.808. The SMILES string of the molecule is O=C(O)Cc1nc2c(s1)CN(Cc1ccccc1)CC2. The fraction of sp³-hybridized carbons (Fsp3) is 0.333. The monoisotopic (exact) mass is 288 g/mol. The molecule has 2 heterocycles. The van der Waals surface area contributed by atoms with Gasteiger partial charge in [-0.25, -0.2) is 4.98 Å². The number of fused-ring (bicyclic) bond motifs is 1. The molecular formula is C15H16N2O2S. The van der Waals surface area contributed by atoms with Gasteiger partial charge in [-0.3, -0.25) is 9.69 Å². The minimum absolute atomic E-state index is 0.0380. The van der Waals surface area contributed by atoms with Crippen molar-refractivity contribution in [1.82, 2.24) is 9.88 Å². The number of aromatic nitrogens is 1. The summed E-state index contributed by atoms with van der Waals surface area (Å²) >= 11 is 1.54. The van der Waals surface area contributed by atoms with Gasteiger partial charge < -0.3 is 5.11 Å². The average molecular weight is 288 g/mol. The van der Waals surface area contributed by atoms with E-state index >= 15 is 0 Å². The zero-order valence-electron chi connectivity index (χ0n) is 11.1. The Kier molecular flexibility index (Phi) is 3.80. The summed E-state index contributed by atoms with van der Waals surface area (Å²) in [6.07, 6.45) is 0.953. The second kappa shape index (κ2) is 5.73. The number of carboxylic acid groups (broad SMARTS) is 1. The number of hydrogen-bond acceptors (Lipinski definition) is 4. The highest BCUT2D eigenvalue weighted by molar-refractivity contribution is 7.11. The standard InChI is InChI=1S/C15H16N2O2S/c18-15(19)8-14-16-12-6-7-17(10-13(12)20-14)9-11-4-2-1-3-5-11/h1-5H,6-10H2,(H,18,19). The van der Waals surface area contributed by atoms with E-state index in [1.807, 2.05) is 6.07 Å². The molecule has 1 aromatic carbocycles. The number of aliphatic carboxylic acids is 1. The number of hydrogen-bond donors (Lipinski definition) is 1. The number of rotatable bonds is 4. The molecule has 1 aromatic heterocycles. The van der Waals surface area contributed by atoms with Crippen molar-refractivity contribution >= 4 is 17.3 Å². The molecule has 0 saturated heterocycles. The molecule has 3 rings (SSSR count). The Labute approximate surface area is 121 Å². The highest BCUT2D eigenvalue weighted by atomic mass is 32.1. The molecule has 2 aromatic rings. The van der Waals surface area contributed by atoms with Gasteiger partial charge in [0.05, 0.1) is 12.1 Å². The second-order valence-corrected chi connectivity index (χ2v) is 6.16. The molecule has 4 nitrogen and oxygen atoms in total. The summed E-state index contributed by atoms with van der Waals surface area (Å²) in [6, 6.07) is 10.4. The van der Waals surface area contributed by atoms with Crippen LogP contribution in [0.2, 0.25) is 0 Å². The largest absolute Gasteiger partial charge is 0.481 e. The van der Waals surface area contributed by atoms with Crippen LogP contribution in [-0.4, -0.2) is 27.5 Å². The first-order chi connectivity index (χ1) is 9.70. The van der Waals surface area contributed by atoms with E-state index in [9.17, 15) is 4.79 Å². The Hall–Kier alpha value is -1.72. The quantitative estimate of drug-likeness (QED) is 0.938. The first-order valence-electron chi connectivity index (χ1n) is 6.66. The molecule has 0 fully saturated rings. The zero-order valence-corrected chi connectivity index (χ0v) is 11.9. The maximum absolute atomic E-state index is 10.7. The van der Waals surface area contributed by atoms with Gasteiger partial charge in [-0.1, -0.05) is 30.3 Å². The van der Waals surface area contributed by atoms with Crippen LogP contribution in [0.1, 0.15) is 21.1 Å². The minimum atomic E-state index is -0.808. The van der Waals surface area contributed by atoms with Gasteiger partial charge in [-0.2, -0.15) is 0 Å². The highest BCUT2D eigenvalue weighted by Crippen LogP contribution is 2.26. The van der Waals surface area contributed by atoms with Gasteiger partial charge in [0.1, 0.15) is 5.01 Å². The van der Waals surface area contributed by atoms with Crippen LogP contribution in [0, 0.1) is 0 Å². The molecule has 20 heavy (non-hydrogen) atoms. The molecule has 0 amide bonds. The van der Waals surface area contributed by atoms with Crippen LogP contribution in [0.15, 0.2) is 30.3 Å². The van der Waals surface area contributed by atoms with E-state index in [1.165, 1.54) is 10.4 Å². The van der Waals surface area contributed by atoms with Crippen molar-refractivity contribution in [3.63, 3.8) is 0 Å². The fourth-order valence-electron chi connectivity index (χ4n) is 2.48. The van der Waals surface area contributed by atoms with Gasteiger partial charge in [0.2, 0.25) is 0 Å². The van der Waals surface area contributed by atoms with Crippen molar-refractivity contribution < 1.29 is 9.90 Å². The third-order valence-electron chi connectivity index (χ3n) is 3.41. The average Bonchev–Trinajstić information content (AvgIpc) is 2.80. The predicted octanol–water partition coefficient (Wildman–Crippen LogP) is 2.33. The predicted molar refractivity (Wildman–Crippen MR) is 77.7 cm³/mol.